The summed E-state index contributed by atoms with van der Waals surface area (Å²) in [4.78, 5) is 45.3. The van der Waals surface area contributed by atoms with Crippen LogP contribution in [0.15, 0.2) is 158 Å². The SMILES string of the molecule is O=C(Oc1ccccc1)c1ccc2ccc3ccc(-c4ccc(-c5ccc6ccc7ccc(C(=O)Oc8ccccc8)nc7c6n5)cc4)nc3c2n1. The normalized spacial score (nSPS) is 11.2. The maximum atomic E-state index is 12.9. The van der Waals surface area contributed by atoms with Crippen LogP contribution in [-0.4, -0.2) is 31.9 Å². The summed E-state index contributed by atoms with van der Waals surface area (Å²) < 4.78 is 11.1. The van der Waals surface area contributed by atoms with Gasteiger partial charge in [-0.25, -0.2) is 29.5 Å². The average Bonchev–Trinajstić information content (AvgIpc) is 3.20. The van der Waals surface area contributed by atoms with Crippen LogP contribution in [0, 0.1) is 0 Å². The van der Waals surface area contributed by atoms with E-state index in [4.69, 9.17) is 29.4 Å². The Morgan fingerprint density at radius 1 is 0.346 bits per heavy atom. The van der Waals surface area contributed by atoms with Crippen molar-refractivity contribution >= 4 is 55.6 Å². The first kappa shape index (κ1) is 30.7. The lowest BCUT2D eigenvalue weighted by Crippen LogP contribution is -2.10. The summed E-state index contributed by atoms with van der Waals surface area (Å²) in [5.41, 5.74) is 6.39. The standard InChI is InChI=1S/C44H26N4O4/c49-43(51-33-7-3-1-4-8-33)37-25-21-31-17-15-29-19-23-35(45-39(29)41(31)47-37)27-11-13-28(14-12-27)36-24-20-30-16-18-32-22-26-38(48-42(32)40(30)46-36)44(50)52-34-9-5-2-6-10-34/h1-26H. The zero-order valence-electron chi connectivity index (χ0n) is 27.4. The molecule has 0 N–H and O–H groups in total. The topological polar surface area (TPSA) is 104 Å². The number of benzene rings is 5. The summed E-state index contributed by atoms with van der Waals surface area (Å²) >= 11 is 0. The van der Waals surface area contributed by atoms with Gasteiger partial charge in [-0.3, -0.25) is 0 Å². The monoisotopic (exact) mass is 674 g/mol. The van der Waals surface area contributed by atoms with E-state index >= 15 is 0 Å². The average molecular weight is 675 g/mol. The Labute approximate surface area is 297 Å². The second-order valence-electron chi connectivity index (χ2n) is 12.2. The quantitative estimate of drug-likeness (QED) is 0.0976. The maximum Gasteiger partial charge on any atom is 0.362 e. The highest BCUT2D eigenvalue weighted by atomic mass is 16.5. The zero-order valence-corrected chi connectivity index (χ0v) is 27.4. The Balaban J connectivity index is 1.03. The van der Waals surface area contributed by atoms with Crippen molar-refractivity contribution in [2.24, 2.45) is 0 Å². The molecule has 5 aromatic carbocycles. The van der Waals surface area contributed by atoms with Gasteiger partial charge in [-0.05, 0) is 48.5 Å². The number of hydrogen-bond donors (Lipinski definition) is 0. The van der Waals surface area contributed by atoms with Gasteiger partial charge in [0.2, 0.25) is 0 Å². The molecule has 0 saturated heterocycles. The molecule has 8 nitrogen and oxygen atoms in total. The van der Waals surface area contributed by atoms with Gasteiger partial charge in [0.15, 0.2) is 0 Å². The molecule has 0 bridgehead atoms. The molecule has 9 aromatic rings. The maximum absolute atomic E-state index is 12.9. The van der Waals surface area contributed by atoms with Gasteiger partial charge in [0.05, 0.1) is 33.5 Å². The highest BCUT2D eigenvalue weighted by molar-refractivity contribution is 6.06. The number of hydrogen-bond acceptors (Lipinski definition) is 8. The summed E-state index contributed by atoms with van der Waals surface area (Å²) in [7, 11) is 0. The molecule has 0 amide bonds. The van der Waals surface area contributed by atoms with Crippen LogP contribution in [0.2, 0.25) is 0 Å². The number of ether oxygens (including phenoxy) is 2. The Morgan fingerprint density at radius 2 is 0.673 bits per heavy atom. The van der Waals surface area contributed by atoms with Crippen molar-refractivity contribution in [2.75, 3.05) is 0 Å². The van der Waals surface area contributed by atoms with Crippen molar-refractivity contribution in [2.45, 2.75) is 0 Å². The molecule has 0 aliphatic heterocycles. The van der Waals surface area contributed by atoms with Crippen molar-refractivity contribution in [3.05, 3.63) is 169 Å². The van der Waals surface area contributed by atoms with E-state index < -0.39 is 11.9 Å². The largest absolute Gasteiger partial charge is 0.422 e. The molecule has 52 heavy (non-hydrogen) atoms. The van der Waals surface area contributed by atoms with Gasteiger partial charge in [-0.1, -0.05) is 109 Å². The van der Waals surface area contributed by atoms with Gasteiger partial charge in [0.25, 0.3) is 0 Å². The third kappa shape index (κ3) is 5.84. The molecule has 4 heterocycles. The fourth-order valence-electron chi connectivity index (χ4n) is 6.19. The van der Waals surface area contributed by atoms with Crippen LogP contribution in [0.3, 0.4) is 0 Å². The number of rotatable bonds is 6. The van der Waals surface area contributed by atoms with Crippen LogP contribution in [0.5, 0.6) is 11.5 Å². The Bertz CT molecular complexity index is 2630. The number of nitrogens with zero attached hydrogens (tertiary/aromatic N) is 4. The molecule has 0 saturated carbocycles. The molecule has 9 rings (SSSR count). The lowest BCUT2D eigenvalue weighted by molar-refractivity contribution is 0.0719. The van der Waals surface area contributed by atoms with E-state index in [1.54, 1.807) is 36.4 Å². The van der Waals surface area contributed by atoms with Crippen LogP contribution in [0.1, 0.15) is 21.0 Å². The lowest BCUT2D eigenvalue weighted by atomic mass is 10.0. The van der Waals surface area contributed by atoms with Crippen LogP contribution in [0.25, 0.3) is 66.1 Å². The number of carbonyl (C=O) groups is 2. The van der Waals surface area contributed by atoms with Crippen molar-refractivity contribution < 1.29 is 19.1 Å². The fraction of sp³-hybridized carbons (Fsp3) is 0. The molecule has 0 spiro atoms. The number of pyridine rings is 4. The number of aromatic nitrogens is 4. The number of fused-ring (bicyclic) bond motifs is 6. The molecule has 0 atom stereocenters. The Morgan fingerprint density at radius 3 is 1.06 bits per heavy atom. The molecule has 246 valence electrons. The highest BCUT2D eigenvalue weighted by Gasteiger charge is 2.16. The predicted molar refractivity (Wildman–Crippen MR) is 201 cm³/mol. The number of carbonyl (C=O) groups excluding carboxylic acids is 2. The van der Waals surface area contributed by atoms with Gasteiger partial charge in [0.1, 0.15) is 22.9 Å². The second kappa shape index (κ2) is 12.9. The van der Waals surface area contributed by atoms with E-state index in [0.29, 0.717) is 33.6 Å². The molecule has 0 radical (unpaired) electrons. The summed E-state index contributed by atoms with van der Waals surface area (Å²) in [5, 5.41) is 3.56. The molecule has 0 fully saturated rings. The van der Waals surface area contributed by atoms with E-state index in [1.807, 2.05) is 121 Å². The van der Waals surface area contributed by atoms with Crippen LogP contribution < -0.4 is 9.47 Å². The Hall–Kier alpha value is -7.32. The number of para-hydroxylation sites is 2. The first-order chi connectivity index (χ1) is 25.6. The molecule has 0 aliphatic rings. The van der Waals surface area contributed by atoms with Gasteiger partial charge in [-0.2, -0.15) is 0 Å². The van der Waals surface area contributed by atoms with Crippen molar-refractivity contribution in [3.63, 3.8) is 0 Å². The first-order valence-electron chi connectivity index (χ1n) is 16.6. The van der Waals surface area contributed by atoms with E-state index in [0.717, 1.165) is 44.1 Å². The zero-order chi connectivity index (χ0) is 35.0. The minimum atomic E-state index is -0.533. The third-order valence-corrected chi connectivity index (χ3v) is 8.84. The van der Waals surface area contributed by atoms with Crippen molar-refractivity contribution in [1.29, 1.82) is 0 Å². The Kier molecular flexibility index (Phi) is 7.59. The molecule has 0 unspecified atom stereocenters. The van der Waals surface area contributed by atoms with Crippen LogP contribution in [0.4, 0.5) is 0 Å². The lowest BCUT2D eigenvalue weighted by Gasteiger charge is -2.09. The van der Waals surface area contributed by atoms with Gasteiger partial charge < -0.3 is 9.47 Å². The molecule has 0 aliphatic carbocycles. The first-order valence-corrected chi connectivity index (χ1v) is 16.6. The van der Waals surface area contributed by atoms with Crippen LogP contribution >= 0.6 is 0 Å². The molecular weight excluding hydrogens is 649 g/mol. The van der Waals surface area contributed by atoms with Crippen LogP contribution in [-0.2, 0) is 0 Å². The predicted octanol–water partition coefficient (Wildman–Crippen LogP) is 9.65. The van der Waals surface area contributed by atoms with Gasteiger partial charge in [-0.15, -0.1) is 0 Å². The minimum Gasteiger partial charge on any atom is -0.422 e. The van der Waals surface area contributed by atoms with Gasteiger partial charge >= 0.3 is 11.9 Å². The molecule has 8 heteroatoms. The van der Waals surface area contributed by atoms with E-state index in [1.165, 1.54) is 0 Å². The van der Waals surface area contributed by atoms with Gasteiger partial charge in [0, 0.05) is 32.7 Å². The summed E-state index contributed by atoms with van der Waals surface area (Å²) in [6.45, 7) is 0. The van der Waals surface area contributed by atoms with Crippen molar-refractivity contribution in [1.82, 2.24) is 19.9 Å². The van der Waals surface area contributed by atoms with Crippen molar-refractivity contribution in [3.8, 4) is 34.0 Å². The van der Waals surface area contributed by atoms with E-state index in [9.17, 15) is 9.59 Å². The minimum absolute atomic E-state index is 0.203. The number of esters is 2. The van der Waals surface area contributed by atoms with E-state index in [-0.39, 0.29) is 11.4 Å². The highest BCUT2D eigenvalue weighted by Crippen LogP contribution is 2.30. The summed E-state index contributed by atoms with van der Waals surface area (Å²) in [6.07, 6.45) is 0. The second-order valence-corrected chi connectivity index (χ2v) is 12.2. The van der Waals surface area contributed by atoms with E-state index in [2.05, 4.69) is 0 Å². The smallest absolute Gasteiger partial charge is 0.362 e. The fourth-order valence-corrected chi connectivity index (χ4v) is 6.19. The summed E-state index contributed by atoms with van der Waals surface area (Å²) in [6, 6.07) is 48.9. The summed E-state index contributed by atoms with van der Waals surface area (Å²) in [5.74, 6) is -0.159. The molecular formula is C44H26N4O4. The molecule has 4 aromatic heterocycles. The third-order valence-electron chi connectivity index (χ3n) is 8.84.